The number of ether oxygens (including phenoxy) is 1. The van der Waals surface area contributed by atoms with Gasteiger partial charge in [-0.2, -0.15) is 8.78 Å². The van der Waals surface area contributed by atoms with Crippen molar-refractivity contribution in [3.63, 3.8) is 0 Å². The van der Waals surface area contributed by atoms with Gasteiger partial charge in [0.15, 0.2) is 0 Å². The van der Waals surface area contributed by atoms with Crippen molar-refractivity contribution in [3.05, 3.63) is 11.7 Å². The number of halogens is 2. The SMILES string of the molecule is CC(C)(C)OC(=O)C1CC(=C(F)F)C1. The zero-order chi connectivity index (χ0) is 10.9. The van der Waals surface area contributed by atoms with E-state index >= 15 is 0 Å². The molecule has 0 radical (unpaired) electrons. The summed E-state index contributed by atoms with van der Waals surface area (Å²) in [5, 5.41) is 0. The molecule has 1 saturated carbocycles. The largest absolute Gasteiger partial charge is 0.460 e. The Morgan fingerprint density at radius 2 is 1.86 bits per heavy atom. The van der Waals surface area contributed by atoms with Crippen LogP contribution in [-0.4, -0.2) is 11.6 Å². The molecule has 0 N–H and O–H groups in total. The van der Waals surface area contributed by atoms with Crippen LogP contribution in [0, 0.1) is 5.92 Å². The van der Waals surface area contributed by atoms with E-state index in [1.807, 2.05) is 0 Å². The Morgan fingerprint density at radius 3 is 2.21 bits per heavy atom. The summed E-state index contributed by atoms with van der Waals surface area (Å²) < 4.78 is 29.0. The normalized spacial score (nSPS) is 21.5. The van der Waals surface area contributed by atoms with Gasteiger partial charge >= 0.3 is 5.97 Å². The Bertz CT molecular complexity index is 264. The number of hydrogen-bond acceptors (Lipinski definition) is 2. The predicted molar refractivity (Wildman–Crippen MR) is 47.8 cm³/mol. The van der Waals surface area contributed by atoms with Gasteiger partial charge in [0.05, 0.1) is 5.92 Å². The number of allylic oxidation sites excluding steroid dienone is 1. The molecule has 0 aromatic carbocycles. The fourth-order valence-electron chi connectivity index (χ4n) is 1.24. The van der Waals surface area contributed by atoms with Gasteiger partial charge in [-0.05, 0) is 39.2 Å². The molecular formula is C10H14F2O2. The van der Waals surface area contributed by atoms with Crippen LogP contribution >= 0.6 is 0 Å². The van der Waals surface area contributed by atoms with Crippen LogP contribution in [0.4, 0.5) is 8.78 Å². The Balaban J connectivity index is 2.41. The zero-order valence-electron chi connectivity index (χ0n) is 8.56. The van der Waals surface area contributed by atoms with E-state index in [2.05, 4.69) is 0 Å². The molecule has 1 aliphatic carbocycles. The molecule has 0 aromatic rings. The molecule has 1 rings (SSSR count). The highest BCUT2D eigenvalue weighted by Crippen LogP contribution is 2.37. The van der Waals surface area contributed by atoms with Crippen LogP contribution in [0.3, 0.4) is 0 Å². The first-order chi connectivity index (χ1) is 6.29. The summed E-state index contributed by atoms with van der Waals surface area (Å²) in [6, 6.07) is 0. The summed E-state index contributed by atoms with van der Waals surface area (Å²) in [6.07, 6.45) is -1.35. The van der Waals surface area contributed by atoms with Crippen molar-refractivity contribution in [2.24, 2.45) is 5.92 Å². The number of esters is 1. The predicted octanol–water partition coefficient (Wildman–Crippen LogP) is 2.89. The van der Waals surface area contributed by atoms with Gasteiger partial charge in [0.1, 0.15) is 5.60 Å². The van der Waals surface area contributed by atoms with Gasteiger partial charge in [-0.25, -0.2) is 0 Å². The average molecular weight is 204 g/mol. The minimum atomic E-state index is -1.65. The highest BCUT2D eigenvalue weighted by molar-refractivity contribution is 5.75. The lowest BCUT2D eigenvalue weighted by Crippen LogP contribution is -2.33. The van der Waals surface area contributed by atoms with Gasteiger partial charge in [0.2, 0.25) is 0 Å². The molecule has 0 aliphatic heterocycles. The minimum Gasteiger partial charge on any atom is -0.460 e. The zero-order valence-corrected chi connectivity index (χ0v) is 8.56. The molecule has 0 unspecified atom stereocenters. The highest BCUT2D eigenvalue weighted by Gasteiger charge is 2.35. The van der Waals surface area contributed by atoms with Crippen molar-refractivity contribution < 1.29 is 18.3 Å². The summed E-state index contributed by atoms with van der Waals surface area (Å²) in [4.78, 5) is 11.3. The van der Waals surface area contributed by atoms with E-state index in [0.29, 0.717) is 0 Å². The fraction of sp³-hybridized carbons (Fsp3) is 0.700. The summed E-state index contributed by atoms with van der Waals surface area (Å²) in [5.41, 5.74) is -0.453. The Hall–Kier alpha value is -0.930. The quantitative estimate of drug-likeness (QED) is 0.614. The molecule has 0 amide bonds. The third-order valence-electron chi connectivity index (χ3n) is 1.99. The third kappa shape index (κ3) is 2.79. The van der Waals surface area contributed by atoms with Crippen molar-refractivity contribution in [2.45, 2.75) is 39.2 Å². The standard InChI is InChI=1S/C10H14F2O2/c1-10(2,3)14-9(13)7-4-6(5-7)8(11)12/h7H,4-5H2,1-3H3. The first-order valence-electron chi connectivity index (χ1n) is 4.55. The summed E-state index contributed by atoms with van der Waals surface area (Å²) in [7, 11) is 0. The molecule has 0 atom stereocenters. The molecular weight excluding hydrogens is 190 g/mol. The Kier molecular flexibility index (Phi) is 2.92. The summed E-state index contributed by atoms with van der Waals surface area (Å²) in [6.45, 7) is 5.28. The molecule has 4 heteroatoms. The smallest absolute Gasteiger partial charge is 0.310 e. The van der Waals surface area contributed by atoms with Crippen molar-refractivity contribution in [2.75, 3.05) is 0 Å². The van der Waals surface area contributed by atoms with E-state index in [1.54, 1.807) is 20.8 Å². The van der Waals surface area contributed by atoms with E-state index < -0.39 is 11.7 Å². The minimum absolute atomic E-state index is 0.0841. The topological polar surface area (TPSA) is 26.3 Å². The first-order valence-corrected chi connectivity index (χ1v) is 4.55. The third-order valence-corrected chi connectivity index (χ3v) is 1.99. The van der Waals surface area contributed by atoms with E-state index in [-0.39, 0.29) is 30.3 Å². The first kappa shape index (κ1) is 11.1. The molecule has 2 nitrogen and oxygen atoms in total. The van der Waals surface area contributed by atoms with Gasteiger partial charge in [0, 0.05) is 0 Å². The number of carbonyl (C=O) groups excluding carboxylic acids is 1. The number of hydrogen-bond donors (Lipinski definition) is 0. The lowest BCUT2D eigenvalue weighted by atomic mass is 9.81. The summed E-state index contributed by atoms with van der Waals surface area (Å²) in [5.74, 6) is -0.742. The molecule has 0 heterocycles. The maximum atomic E-state index is 12.0. The molecule has 80 valence electrons. The molecule has 0 saturated heterocycles. The Morgan fingerprint density at radius 1 is 1.36 bits per heavy atom. The van der Waals surface area contributed by atoms with Gasteiger partial charge in [-0.1, -0.05) is 0 Å². The summed E-state index contributed by atoms with van der Waals surface area (Å²) >= 11 is 0. The number of rotatable bonds is 1. The van der Waals surface area contributed by atoms with Crippen LogP contribution in [0.15, 0.2) is 11.7 Å². The molecule has 0 spiro atoms. The van der Waals surface area contributed by atoms with Crippen LogP contribution in [0.1, 0.15) is 33.6 Å². The maximum Gasteiger partial charge on any atom is 0.310 e. The van der Waals surface area contributed by atoms with Crippen LogP contribution in [-0.2, 0) is 9.53 Å². The van der Waals surface area contributed by atoms with Gasteiger partial charge in [-0.15, -0.1) is 0 Å². The van der Waals surface area contributed by atoms with Crippen molar-refractivity contribution in [1.29, 1.82) is 0 Å². The van der Waals surface area contributed by atoms with Crippen molar-refractivity contribution in [3.8, 4) is 0 Å². The number of carbonyl (C=O) groups is 1. The highest BCUT2D eigenvalue weighted by atomic mass is 19.3. The second kappa shape index (κ2) is 3.67. The fourth-order valence-corrected chi connectivity index (χ4v) is 1.24. The average Bonchev–Trinajstić information content (AvgIpc) is 1.75. The lowest BCUT2D eigenvalue weighted by Gasteiger charge is -2.29. The Labute approximate surface area is 81.9 Å². The van der Waals surface area contributed by atoms with E-state index in [4.69, 9.17) is 4.74 Å². The molecule has 0 aromatic heterocycles. The van der Waals surface area contributed by atoms with E-state index in [1.165, 1.54) is 0 Å². The van der Waals surface area contributed by atoms with Gasteiger partial charge in [0.25, 0.3) is 6.08 Å². The van der Waals surface area contributed by atoms with Crippen LogP contribution in [0.25, 0.3) is 0 Å². The van der Waals surface area contributed by atoms with Crippen molar-refractivity contribution in [1.82, 2.24) is 0 Å². The second-order valence-electron chi connectivity index (χ2n) is 4.50. The van der Waals surface area contributed by atoms with Gasteiger partial charge in [-0.3, -0.25) is 4.79 Å². The van der Waals surface area contributed by atoms with Gasteiger partial charge < -0.3 is 4.74 Å². The van der Waals surface area contributed by atoms with Crippen LogP contribution < -0.4 is 0 Å². The van der Waals surface area contributed by atoms with Crippen LogP contribution in [0.2, 0.25) is 0 Å². The van der Waals surface area contributed by atoms with E-state index in [9.17, 15) is 13.6 Å². The molecule has 14 heavy (non-hydrogen) atoms. The lowest BCUT2D eigenvalue weighted by molar-refractivity contribution is -0.161. The van der Waals surface area contributed by atoms with E-state index in [0.717, 1.165) is 0 Å². The maximum absolute atomic E-state index is 12.0. The molecule has 0 bridgehead atoms. The second-order valence-corrected chi connectivity index (χ2v) is 4.50. The van der Waals surface area contributed by atoms with Crippen molar-refractivity contribution >= 4 is 5.97 Å². The van der Waals surface area contributed by atoms with Crippen LogP contribution in [0.5, 0.6) is 0 Å². The molecule has 1 fully saturated rings. The monoisotopic (exact) mass is 204 g/mol. The molecule has 1 aliphatic rings.